The lowest BCUT2D eigenvalue weighted by molar-refractivity contribution is -0.00956. The number of methoxy groups -OCH3 is 1. The van der Waals surface area contributed by atoms with Crippen molar-refractivity contribution in [1.82, 2.24) is 9.97 Å². The van der Waals surface area contributed by atoms with Gasteiger partial charge in [0.15, 0.2) is 0 Å². The number of nitrogens with zero attached hydrogens (tertiary/aromatic N) is 2. The second kappa shape index (κ2) is 4.94. The molecule has 0 aromatic carbocycles. The van der Waals surface area contributed by atoms with Gasteiger partial charge in [0, 0.05) is 25.6 Å². The summed E-state index contributed by atoms with van der Waals surface area (Å²) in [5.41, 5.74) is 1.26. The monoisotopic (exact) mass is 287 g/mol. The predicted molar refractivity (Wildman–Crippen MR) is 82.1 cm³/mol. The zero-order valence-electron chi connectivity index (χ0n) is 13.1. The van der Waals surface area contributed by atoms with Crippen molar-refractivity contribution in [2.75, 3.05) is 19.5 Å². The summed E-state index contributed by atoms with van der Waals surface area (Å²) in [6.07, 6.45) is 8.28. The number of hydrogen-bond acceptors (Lipinski definition) is 4. The van der Waals surface area contributed by atoms with Gasteiger partial charge in [0.2, 0.25) is 0 Å². The van der Waals surface area contributed by atoms with Crippen molar-refractivity contribution in [2.24, 2.45) is 17.8 Å². The third-order valence-corrected chi connectivity index (χ3v) is 5.84. The Morgan fingerprint density at radius 2 is 1.76 bits per heavy atom. The van der Waals surface area contributed by atoms with Crippen LogP contribution in [0.1, 0.15) is 50.0 Å². The predicted octanol–water partition coefficient (Wildman–Crippen LogP) is 3.13. The SMILES string of the molecule is CNc1cc(COC)nc(C23CC4CC(CC(C4)C2)C3)n1. The molecule has 1 N–H and O–H groups in total. The van der Waals surface area contributed by atoms with Gasteiger partial charge in [0.1, 0.15) is 11.6 Å². The normalized spacial score (nSPS) is 37.0. The summed E-state index contributed by atoms with van der Waals surface area (Å²) in [7, 11) is 3.66. The van der Waals surface area contributed by atoms with Crippen LogP contribution in [0.15, 0.2) is 6.07 Å². The van der Waals surface area contributed by atoms with Gasteiger partial charge in [0.05, 0.1) is 12.3 Å². The number of hydrogen-bond donors (Lipinski definition) is 1. The molecule has 0 atom stereocenters. The van der Waals surface area contributed by atoms with Crippen molar-refractivity contribution in [3.8, 4) is 0 Å². The van der Waals surface area contributed by atoms with E-state index in [4.69, 9.17) is 14.7 Å². The maximum absolute atomic E-state index is 5.28. The molecule has 4 nitrogen and oxygen atoms in total. The Kier molecular flexibility index (Phi) is 3.18. The largest absolute Gasteiger partial charge is 0.378 e. The van der Waals surface area contributed by atoms with E-state index in [0.29, 0.717) is 6.61 Å². The van der Waals surface area contributed by atoms with Crippen LogP contribution < -0.4 is 5.32 Å². The summed E-state index contributed by atoms with van der Waals surface area (Å²) in [6, 6.07) is 2.01. The smallest absolute Gasteiger partial charge is 0.137 e. The van der Waals surface area contributed by atoms with Gasteiger partial charge in [0.25, 0.3) is 0 Å². The first-order valence-corrected chi connectivity index (χ1v) is 8.26. The Morgan fingerprint density at radius 3 is 2.29 bits per heavy atom. The highest BCUT2D eigenvalue weighted by molar-refractivity contribution is 5.37. The molecule has 4 fully saturated rings. The molecular weight excluding hydrogens is 262 g/mol. The lowest BCUT2D eigenvalue weighted by Crippen LogP contribution is -2.49. The standard InChI is InChI=1S/C17H25N3O/c1-18-15-6-14(10-21-2)19-16(20-15)17-7-11-3-12(8-17)5-13(4-11)9-17/h6,11-13H,3-5,7-10H2,1-2H3,(H,18,19,20). The van der Waals surface area contributed by atoms with Gasteiger partial charge in [-0.3, -0.25) is 0 Å². The molecule has 4 aliphatic carbocycles. The maximum atomic E-state index is 5.28. The van der Waals surface area contributed by atoms with E-state index in [1.165, 1.54) is 38.5 Å². The van der Waals surface area contributed by atoms with Gasteiger partial charge in [-0.2, -0.15) is 0 Å². The fraction of sp³-hybridized carbons (Fsp3) is 0.765. The average molecular weight is 287 g/mol. The number of aromatic nitrogens is 2. The molecule has 0 unspecified atom stereocenters. The minimum Gasteiger partial charge on any atom is -0.378 e. The molecule has 4 aliphatic rings. The molecule has 0 radical (unpaired) electrons. The van der Waals surface area contributed by atoms with Crippen molar-refractivity contribution < 1.29 is 4.74 Å². The lowest BCUT2D eigenvalue weighted by atomic mass is 9.49. The third-order valence-electron chi connectivity index (χ3n) is 5.84. The highest BCUT2D eigenvalue weighted by Crippen LogP contribution is 2.60. The Bertz CT molecular complexity index is 508. The summed E-state index contributed by atoms with van der Waals surface area (Å²) in [5, 5.41) is 3.19. The number of nitrogens with one attached hydrogen (secondary N) is 1. The van der Waals surface area contributed by atoms with Gasteiger partial charge in [-0.15, -0.1) is 0 Å². The fourth-order valence-electron chi connectivity index (χ4n) is 5.47. The Balaban J connectivity index is 1.73. The van der Waals surface area contributed by atoms with Crippen molar-refractivity contribution in [3.05, 3.63) is 17.6 Å². The Labute approximate surface area is 126 Å². The van der Waals surface area contributed by atoms with Gasteiger partial charge in [-0.05, 0) is 56.3 Å². The molecule has 1 aromatic heterocycles. The lowest BCUT2D eigenvalue weighted by Gasteiger charge is -2.56. The summed E-state index contributed by atoms with van der Waals surface area (Å²) in [6.45, 7) is 0.566. The molecule has 114 valence electrons. The minimum absolute atomic E-state index is 0.254. The zero-order chi connectivity index (χ0) is 14.4. The van der Waals surface area contributed by atoms with E-state index in [1.54, 1.807) is 7.11 Å². The van der Waals surface area contributed by atoms with E-state index < -0.39 is 0 Å². The molecule has 4 saturated carbocycles. The van der Waals surface area contributed by atoms with E-state index in [0.717, 1.165) is 35.1 Å². The molecule has 21 heavy (non-hydrogen) atoms. The highest BCUT2D eigenvalue weighted by atomic mass is 16.5. The first-order valence-electron chi connectivity index (χ1n) is 8.26. The quantitative estimate of drug-likeness (QED) is 0.924. The highest BCUT2D eigenvalue weighted by Gasteiger charge is 2.53. The van der Waals surface area contributed by atoms with E-state index in [9.17, 15) is 0 Å². The molecular formula is C17H25N3O. The molecule has 1 heterocycles. The van der Waals surface area contributed by atoms with Crippen LogP contribution in [0.25, 0.3) is 0 Å². The van der Waals surface area contributed by atoms with Crippen LogP contribution in [0.2, 0.25) is 0 Å². The zero-order valence-corrected chi connectivity index (χ0v) is 13.1. The van der Waals surface area contributed by atoms with Crippen molar-refractivity contribution in [2.45, 2.75) is 50.5 Å². The van der Waals surface area contributed by atoms with Gasteiger partial charge in [-0.1, -0.05) is 0 Å². The number of rotatable bonds is 4. The molecule has 1 aromatic rings. The average Bonchev–Trinajstić information content (AvgIpc) is 2.46. The van der Waals surface area contributed by atoms with Gasteiger partial charge < -0.3 is 10.1 Å². The van der Waals surface area contributed by atoms with Crippen molar-refractivity contribution >= 4 is 5.82 Å². The van der Waals surface area contributed by atoms with Crippen LogP contribution in [0.5, 0.6) is 0 Å². The summed E-state index contributed by atoms with van der Waals surface area (Å²) < 4.78 is 5.28. The molecule has 0 amide bonds. The maximum Gasteiger partial charge on any atom is 0.137 e. The van der Waals surface area contributed by atoms with E-state index in [1.807, 2.05) is 13.1 Å². The molecule has 0 saturated heterocycles. The molecule has 4 heteroatoms. The van der Waals surface area contributed by atoms with Crippen LogP contribution in [-0.2, 0) is 16.8 Å². The van der Waals surface area contributed by atoms with Crippen LogP contribution in [-0.4, -0.2) is 24.1 Å². The molecule has 0 spiro atoms. The summed E-state index contributed by atoms with van der Waals surface area (Å²) in [4.78, 5) is 9.73. The van der Waals surface area contributed by atoms with Crippen LogP contribution in [0.4, 0.5) is 5.82 Å². The number of anilines is 1. The Morgan fingerprint density at radius 1 is 1.14 bits per heavy atom. The van der Waals surface area contributed by atoms with Crippen LogP contribution in [0, 0.1) is 17.8 Å². The third kappa shape index (κ3) is 2.24. The van der Waals surface area contributed by atoms with E-state index in [-0.39, 0.29) is 5.41 Å². The van der Waals surface area contributed by atoms with Gasteiger partial charge in [-0.25, -0.2) is 9.97 Å². The molecule has 0 aliphatic heterocycles. The molecule has 4 bridgehead atoms. The summed E-state index contributed by atoms with van der Waals surface area (Å²) >= 11 is 0. The summed E-state index contributed by atoms with van der Waals surface area (Å²) in [5.74, 6) is 4.78. The van der Waals surface area contributed by atoms with Crippen LogP contribution in [0.3, 0.4) is 0 Å². The minimum atomic E-state index is 0.254. The second-order valence-electron chi connectivity index (χ2n) is 7.45. The fourth-order valence-corrected chi connectivity index (χ4v) is 5.47. The van der Waals surface area contributed by atoms with Gasteiger partial charge >= 0.3 is 0 Å². The van der Waals surface area contributed by atoms with Crippen molar-refractivity contribution in [3.63, 3.8) is 0 Å². The van der Waals surface area contributed by atoms with E-state index in [2.05, 4.69) is 5.32 Å². The first kappa shape index (κ1) is 13.5. The molecule has 5 rings (SSSR count). The van der Waals surface area contributed by atoms with Crippen molar-refractivity contribution in [1.29, 1.82) is 0 Å². The Hall–Kier alpha value is -1.16. The van der Waals surface area contributed by atoms with E-state index >= 15 is 0 Å². The topological polar surface area (TPSA) is 47.0 Å². The second-order valence-corrected chi connectivity index (χ2v) is 7.45. The first-order chi connectivity index (χ1) is 10.2. The van der Waals surface area contributed by atoms with Crippen LogP contribution >= 0.6 is 0 Å². The number of ether oxygens (including phenoxy) is 1.